The lowest BCUT2D eigenvalue weighted by molar-refractivity contribution is -0.386. The van der Waals surface area contributed by atoms with Gasteiger partial charge in [-0.2, -0.15) is 4.98 Å². The van der Waals surface area contributed by atoms with E-state index in [0.29, 0.717) is 5.75 Å². The molecule has 104 valence electrons. The summed E-state index contributed by atoms with van der Waals surface area (Å²) in [6, 6.07) is 5.56. The molecule has 0 saturated heterocycles. The molecule has 0 bridgehead atoms. The van der Waals surface area contributed by atoms with E-state index in [-0.39, 0.29) is 17.5 Å². The van der Waals surface area contributed by atoms with Crippen molar-refractivity contribution in [2.24, 2.45) is 5.84 Å². The van der Waals surface area contributed by atoms with Crippen LogP contribution >= 0.6 is 0 Å². The van der Waals surface area contributed by atoms with Crippen molar-refractivity contribution in [1.82, 2.24) is 9.97 Å². The van der Waals surface area contributed by atoms with Crippen LogP contribution in [0, 0.1) is 24.0 Å². The van der Waals surface area contributed by atoms with Gasteiger partial charge < -0.3 is 4.74 Å². The molecule has 0 amide bonds. The first kappa shape index (κ1) is 13.7. The van der Waals surface area contributed by atoms with Crippen molar-refractivity contribution in [3.05, 3.63) is 45.6 Å². The van der Waals surface area contributed by atoms with Gasteiger partial charge in [-0.3, -0.25) is 15.5 Å². The zero-order valence-corrected chi connectivity index (χ0v) is 11.0. The SMILES string of the molecule is Cc1ccc(C)c(Oc2nc(NN)ncc2[N+](=O)[O-])c1. The first-order valence-corrected chi connectivity index (χ1v) is 5.74. The van der Waals surface area contributed by atoms with Crippen LogP contribution < -0.4 is 16.0 Å². The van der Waals surface area contributed by atoms with Gasteiger partial charge in [0.25, 0.3) is 0 Å². The van der Waals surface area contributed by atoms with E-state index in [1.165, 1.54) is 0 Å². The van der Waals surface area contributed by atoms with Gasteiger partial charge in [0.2, 0.25) is 5.95 Å². The summed E-state index contributed by atoms with van der Waals surface area (Å²) in [5.74, 6) is 5.56. The average molecular weight is 275 g/mol. The molecular formula is C12H13N5O3. The number of anilines is 1. The maximum Gasteiger partial charge on any atom is 0.349 e. The van der Waals surface area contributed by atoms with Crippen molar-refractivity contribution in [1.29, 1.82) is 0 Å². The van der Waals surface area contributed by atoms with Crippen molar-refractivity contribution in [3.8, 4) is 11.6 Å². The highest BCUT2D eigenvalue weighted by atomic mass is 16.6. The van der Waals surface area contributed by atoms with Crippen LogP contribution in [0.2, 0.25) is 0 Å². The van der Waals surface area contributed by atoms with E-state index in [2.05, 4.69) is 15.4 Å². The molecule has 1 aromatic carbocycles. The lowest BCUT2D eigenvalue weighted by Gasteiger charge is -2.09. The van der Waals surface area contributed by atoms with E-state index in [0.717, 1.165) is 17.3 Å². The van der Waals surface area contributed by atoms with E-state index in [9.17, 15) is 10.1 Å². The molecule has 0 unspecified atom stereocenters. The lowest BCUT2D eigenvalue weighted by Crippen LogP contribution is -2.11. The van der Waals surface area contributed by atoms with Crippen molar-refractivity contribution in [2.75, 3.05) is 5.43 Å². The highest BCUT2D eigenvalue weighted by Crippen LogP contribution is 2.31. The molecule has 1 heterocycles. The van der Waals surface area contributed by atoms with Crippen LogP contribution in [0.15, 0.2) is 24.4 Å². The molecule has 20 heavy (non-hydrogen) atoms. The fourth-order valence-corrected chi connectivity index (χ4v) is 1.55. The van der Waals surface area contributed by atoms with E-state index in [4.69, 9.17) is 10.6 Å². The third-order valence-corrected chi connectivity index (χ3v) is 2.61. The predicted octanol–water partition coefficient (Wildman–Crippen LogP) is 2.08. The molecule has 2 rings (SSSR count). The maximum absolute atomic E-state index is 11.0. The number of nitrogen functional groups attached to an aromatic ring is 1. The highest BCUT2D eigenvalue weighted by Gasteiger charge is 2.20. The summed E-state index contributed by atoms with van der Waals surface area (Å²) in [5, 5.41) is 11.0. The quantitative estimate of drug-likeness (QED) is 0.498. The minimum atomic E-state index is -0.610. The number of rotatable bonds is 4. The number of nitrogens with zero attached hydrogens (tertiary/aromatic N) is 3. The molecule has 0 aliphatic rings. The summed E-state index contributed by atoms with van der Waals surface area (Å²) in [6.07, 6.45) is 1.04. The Morgan fingerprint density at radius 2 is 2.15 bits per heavy atom. The van der Waals surface area contributed by atoms with Gasteiger partial charge in [0, 0.05) is 0 Å². The largest absolute Gasteiger partial charge is 0.433 e. The normalized spacial score (nSPS) is 10.2. The molecule has 8 nitrogen and oxygen atoms in total. The Labute approximate surface area is 114 Å². The Kier molecular flexibility index (Phi) is 3.76. The molecule has 0 aliphatic heterocycles. The molecular weight excluding hydrogens is 262 g/mol. The monoisotopic (exact) mass is 275 g/mol. The number of hydrogen-bond donors (Lipinski definition) is 2. The van der Waals surface area contributed by atoms with Gasteiger partial charge in [-0.15, -0.1) is 0 Å². The van der Waals surface area contributed by atoms with Gasteiger partial charge in [-0.1, -0.05) is 12.1 Å². The zero-order chi connectivity index (χ0) is 14.7. The molecule has 0 aliphatic carbocycles. The van der Waals surface area contributed by atoms with Crippen molar-refractivity contribution in [2.45, 2.75) is 13.8 Å². The van der Waals surface area contributed by atoms with Crippen molar-refractivity contribution < 1.29 is 9.66 Å². The Morgan fingerprint density at radius 1 is 1.40 bits per heavy atom. The number of nitrogens with one attached hydrogen (secondary N) is 1. The molecule has 0 radical (unpaired) electrons. The van der Waals surface area contributed by atoms with Gasteiger partial charge in [-0.25, -0.2) is 10.8 Å². The summed E-state index contributed by atoms with van der Waals surface area (Å²) < 4.78 is 5.54. The van der Waals surface area contributed by atoms with Crippen LogP contribution in [-0.2, 0) is 0 Å². The Morgan fingerprint density at radius 3 is 2.80 bits per heavy atom. The van der Waals surface area contributed by atoms with Crippen molar-refractivity contribution in [3.63, 3.8) is 0 Å². The molecule has 0 spiro atoms. The van der Waals surface area contributed by atoms with E-state index < -0.39 is 4.92 Å². The minimum Gasteiger partial charge on any atom is -0.433 e. The third-order valence-electron chi connectivity index (χ3n) is 2.61. The number of aromatic nitrogens is 2. The van der Waals surface area contributed by atoms with E-state index in [1.54, 1.807) is 6.07 Å². The summed E-state index contributed by atoms with van der Waals surface area (Å²) in [7, 11) is 0. The number of benzene rings is 1. The lowest BCUT2D eigenvalue weighted by atomic mass is 10.1. The molecule has 0 atom stereocenters. The first-order chi connectivity index (χ1) is 9.51. The fraction of sp³-hybridized carbons (Fsp3) is 0.167. The minimum absolute atomic E-state index is 0.0379. The van der Waals surface area contributed by atoms with Gasteiger partial charge in [0.05, 0.1) is 4.92 Å². The van der Waals surface area contributed by atoms with Gasteiger partial charge >= 0.3 is 11.6 Å². The average Bonchev–Trinajstić information content (AvgIpc) is 2.42. The van der Waals surface area contributed by atoms with Crippen LogP contribution in [0.5, 0.6) is 11.6 Å². The van der Waals surface area contributed by atoms with Crippen LogP contribution in [0.25, 0.3) is 0 Å². The maximum atomic E-state index is 11.0. The van der Waals surface area contributed by atoms with Crippen LogP contribution in [0.1, 0.15) is 11.1 Å². The number of hydrazine groups is 1. The van der Waals surface area contributed by atoms with Gasteiger partial charge in [0.1, 0.15) is 11.9 Å². The summed E-state index contributed by atoms with van der Waals surface area (Å²) in [4.78, 5) is 17.9. The Balaban J connectivity index is 2.45. The number of nitrogens with two attached hydrogens (primary N) is 1. The zero-order valence-electron chi connectivity index (χ0n) is 11.0. The number of ether oxygens (including phenoxy) is 1. The third kappa shape index (κ3) is 2.81. The van der Waals surface area contributed by atoms with Crippen LogP contribution in [0.4, 0.5) is 11.6 Å². The van der Waals surface area contributed by atoms with Crippen molar-refractivity contribution >= 4 is 11.6 Å². The summed E-state index contributed by atoms with van der Waals surface area (Å²) >= 11 is 0. The van der Waals surface area contributed by atoms with Crippen LogP contribution in [-0.4, -0.2) is 14.9 Å². The first-order valence-electron chi connectivity index (χ1n) is 5.74. The standard InChI is InChI=1S/C12H13N5O3/c1-7-3-4-8(2)10(5-7)20-11-9(17(18)19)6-14-12(15-11)16-13/h3-6H,13H2,1-2H3,(H,14,15,16). The molecule has 0 saturated carbocycles. The molecule has 2 aromatic rings. The number of aryl methyl sites for hydroxylation is 2. The fourth-order valence-electron chi connectivity index (χ4n) is 1.55. The number of nitro groups is 1. The van der Waals surface area contributed by atoms with Gasteiger partial charge in [0.15, 0.2) is 0 Å². The van der Waals surface area contributed by atoms with E-state index in [1.807, 2.05) is 26.0 Å². The molecule has 3 N–H and O–H groups in total. The second-order valence-electron chi connectivity index (χ2n) is 4.16. The predicted molar refractivity (Wildman–Crippen MR) is 72.5 cm³/mol. The van der Waals surface area contributed by atoms with E-state index >= 15 is 0 Å². The second-order valence-corrected chi connectivity index (χ2v) is 4.16. The Hall–Kier alpha value is -2.74. The topological polar surface area (TPSA) is 116 Å². The molecule has 1 aromatic heterocycles. The Bertz CT molecular complexity index is 660. The highest BCUT2D eigenvalue weighted by molar-refractivity contribution is 5.47. The summed E-state index contributed by atoms with van der Waals surface area (Å²) in [5.41, 5.74) is 3.70. The molecule has 8 heteroatoms. The second kappa shape index (κ2) is 5.49. The van der Waals surface area contributed by atoms with Crippen LogP contribution in [0.3, 0.4) is 0 Å². The smallest absolute Gasteiger partial charge is 0.349 e. The number of hydrogen-bond acceptors (Lipinski definition) is 7. The molecule has 0 fully saturated rings. The van der Waals surface area contributed by atoms with Gasteiger partial charge in [-0.05, 0) is 31.0 Å². The summed E-state index contributed by atoms with van der Waals surface area (Å²) in [6.45, 7) is 3.73.